The van der Waals surface area contributed by atoms with Gasteiger partial charge in [0.05, 0.1) is 10.6 Å². The molecule has 7 nitrogen and oxygen atoms in total. The lowest BCUT2D eigenvalue weighted by molar-refractivity contribution is -0.384. The molecule has 3 aromatic rings. The van der Waals surface area contributed by atoms with Crippen LogP contribution in [0.1, 0.15) is 16.7 Å². The number of nitro benzene ring substituents is 1. The van der Waals surface area contributed by atoms with Gasteiger partial charge in [-0.05, 0) is 17.2 Å². The van der Waals surface area contributed by atoms with Gasteiger partial charge in [-0.15, -0.1) is 0 Å². The monoisotopic (exact) mass is 371 g/mol. The van der Waals surface area contributed by atoms with Crippen LogP contribution in [0.2, 0.25) is 0 Å². The molecule has 0 aliphatic carbocycles. The highest BCUT2D eigenvalue weighted by molar-refractivity contribution is 5.66. The summed E-state index contributed by atoms with van der Waals surface area (Å²) in [7, 11) is 0. The topological polar surface area (TPSA) is 102 Å². The second-order valence-electron chi connectivity index (χ2n) is 5.81. The van der Waals surface area contributed by atoms with Gasteiger partial charge in [0.25, 0.3) is 5.69 Å². The molecule has 0 atom stereocenters. The highest BCUT2D eigenvalue weighted by Crippen LogP contribution is 2.45. The Kier molecular flexibility index (Phi) is 5.33. The van der Waals surface area contributed by atoms with Crippen molar-refractivity contribution in [3.05, 3.63) is 106 Å². The molecule has 0 saturated heterocycles. The summed E-state index contributed by atoms with van der Waals surface area (Å²) in [4.78, 5) is 40.8. The summed E-state index contributed by atoms with van der Waals surface area (Å²) in [5.41, 5.74) is -0.0998. The number of hydrogen-bond donors (Lipinski definition) is 0. The number of isocyanates is 2. The predicted octanol–water partition coefficient (Wildman–Crippen LogP) is 4.19. The number of rotatable bonds is 6. The minimum atomic E-state index is -1.39. The van der Waals surface area contributed by atoms with Gasteiger partial charge in [-0.3, -0.25) is 10.1 Å². The van der Waals surface area contributed by atoms with Gasteiger partial charge in [-0.1, -0.05) is 60.7 Å². The Morgan fingerprint density at radius 2 is 1.39 bits per heavy atom. The van der Waals surface area contributed by atoms with Gasteiger partial charge in [0.2, 0.25) is 12.2 Å². The SMILES string of the molecule is O=C=Nc1cc([N+](=O)[O-])ccc1C(N=C=O)(c1ccccc1)c1ccccc1. The van der Waals surface area contributed by atoms with E-state index in [0.29, 0.717) is 16.7 Å². The molecule has 0 amide bonds. The van der Waals surface area contributed by atoms with Crippen LogP contribution in [0.5, 0.6) is 0 Å². The summed E-state index contributed by atoms with van der Waals surface area (Å²) >= 11 is 0. The average Bonchev–Trinajstić information content (AvgIpc) is 2.74. The molecule has 3 rings (SSSR count). The number of nitro groups is 1. The lowest BCUT2D eigenvalue weighted by Gasteiger charge is -2.30. The van der Waals surface area contributed by atoms with E-state index in [1.807, 2.05) is 12.1 Å². The van der Waals surface area contributed by atoms with E-state index in [4.69, 9.17) is 0 Å². The molecule has 3 aromatic carbocycles. The summed E-state index contributed by atoms with van der Waals surface area (Å²) in [5, 5.41) is 11.2. The minimum Gasteiger partial charge on any atom is -0.258 e. The van der Waals surface area contributed by atoms with Gasteiger partial charge >= 0.3 is 0 Å². The van der Waals surface area contributed by atoms with Crippen molar-refractivity contribution in [2.45, 2.75) is 5.54 Å². The Hall–Kier alpha value is -4.18. The Bertz CT molecular complexity index is 1060. The van der Waals surface area contributed by atoms with Crippen molar-refractivity contribution in [1.29, 1.82) is 0 Å². The van der Waals surface area contributed by atoms with E-state index < -0.39 is 10.5 Å². The van der Waals surface area contributed by atoms with Crippen molar-refractivity contribution in [1.82, 2.24) is 0 Å². The zero-order valence-electron chi connectivity index (χ0n) is 14.5. The Morgan fingerprint density at radius 3 is 1.86 bits per heavy atom. The maximum atomic E-state index is 11.5. The largest absolute Gasteiger partial charge is 0.271 e. The number of non-ortho nitro benzene ring substituents is 1. The lowest BCUT2D eigenvalue weighted by Crippen LogP contribution is -2.27. The van der Waals surface area contributed by atoms with Crippen LogP contribution in [0.3, 0.4) is 0 Å². The third kappa shape index (κ3) is 3.27. The van der Waals surface area contributed by atoms with Gasteiger partial charge in [-0.25, -0.2) is 9.59 Å². The van der Waals surface area contributed by atoms with Crippen LogP contribution in [-0.2, 0) is 15.1 Å². The van der Waals surface area contributed by atoms with Crippen LogP contribution in [0.25, 0.3) is 0 Å². The van der Waals surface area contributed by atoms with Crippen molar-refractivity contribution in [3.63, 3.8) is 0 Å². The molecule has 0 unspecified atom stereocenters. The van der Waals surface area contributed by atoms with Gasteiger partial charge in [-0.2, -0.15) is 9.98 Å². The lowest BCUT2D eigenvalue weighted by atomic mass is 9.77. The summed E-state index contributed by atoms with van der Waals surface area (Å²) < 4.78 is 0. The van der Waals surface area contributed by atoms with Crippen molar-refractivity contribution < 1.29 is 14.5 Å². The number of nitrogens with zero attached hydrogens (tertiary/aromatic N) is 3. The first-order chi connectivity index (χ1) is 13.6. The first kappa shape index (κ1) is 18.6. The molecule has 0 heterocycles. The molecule has 0 bridgehead atoms. The van der Waals surface area contributed by atoms with Crippen LogP contribution in [-0.4, -0.2) is 17.1 Å². The van der Waals surface area contributed by atoms with Crippen molar-refractivity contribution >= 4 is 23.5 Å². The Morgan fingerprint density at radius 1 is 0.821 bits per heavy atom. The summed E-state index contributed by atoms with van der Waals surface area (Å²) in [5.74, 6) is 0. The second kappa shape index (κ2) is 8.01. The quantitative estimate of drug-likeness (QED) is 0.213. The summed E-state index contributed by atoms with van der Waals surface area (Å²) in [6, 6.07) is 21.7. The minimum absolute atomic E-state index is 0.00379. The van der Waals surface area contributed by atoms with E-state index in [1.54, 1.807) is 54.6 Å². The number of aliphatic imine (C=N–C) groups is 2. The van der Waals surface area contributed by atoms with Crippen LogP contribution in [0.15, 0.2) is 88.8 Å². The van der Waals surface area contributed by atoms with Gasteiger partial charge in [0.1, 0.15) is 0 Å². The molecule has 0 aromatic heterocycles. The molecule has 0 radical (unpaired) electrons. The van der Waals surface area contributed by atoms with E-state index in [1.165, 1.54) is 18.2 Å². The first-order valence-corrected chi connectivity index (χ1v) is 8.20. The fourth-order valence-electron chi connectivity index (χ4n) is 3.18. The maximum absolute atomic E-state index is 11.5. The van der Waals surface area contributed by atoms with E-state index >= 15 is 0 Å². The predicted molar refractivity (Wildman–Crippen MR) is 102 cm³/mol. The van der Waals surface area contributed by atoms with E-state index in [2.05, 4.69) is 9.98 Å². The highest BCUT2D eigenvalue weighted by atomic mass is 16.6. The fourth-order valence-corrected chi connectivity index (χ4v) is 3.18. The highest BCUT2D eigenvalue weighted by Gasteiger charge is 2.39. The number of hydrogen-bond acceptors (Lipinski definition) is 6. The van der Waals surface area contributed by atoms with Crippen LogP contribution in [0.4, 0.5) is 11.4 Å². The van der Waals surface area contributed by atoms with Crippen LogP contribution >= 0.6 is 0 Å². The average molecular weight is 371 g/mol. The van der Waals surface area contributed by atoms with Gasteiger partial charge in [0, 0.05) is 17.7 Å². The van der Waals surface area contributed by atoms with Crippen molar-refractivity contribution in [2.75, 3.05) is 0 Å². The smallest absolute Gasteiger partial charge is 0.258 e. The first-order valence-electron chi connectivity index (χ1n) is 8.20. The van der Waals surface area contributed by atoms with Gasteiger partial charge in [0.15, 0.2) is 5.54 Å². The Balaban J connectivity index is 2.46. The van der Waals surface area contributed by atoms with Crippen LogP contribution in [0, 0.1) is 10.1 Å². The normalized spacial score (nSPS) is 10.4. The standard InChI is InChI=1S/C21H13N3O4/c25-14-22-20-13-18(24(27)28)11-12-19(20)21(23-15-26,16-7-3-1-4-8-16)17-9-5-2-6-10-17/h1-13H. The third-order valence-electron chi connectivity index (χ3n) is 4.34. The molecule has 7 heteroatoms. The molecular weight excluding hydrogens is 358 g/mol. The summed E-state index contributed by atoms with van der Waals surface area (Å²) in [6.07, 6.45) is 3.03. The second-order valence-corrected chi connectivity index (χ2v) is 5.81. The van der Waals surface area contributed by atoms with E-state index in [9.17, 15) is 19.7 Å². The number of carbonyl (C=O) groups excluding carboxylic acids is 2. The molecule has 0 aliphatic heterocycles. The molecule has 0 aliphatic rings. The zero-order valence-corrected chi connectivity index (χ0v) is 14.5. The van der Waals surface area contributed by atoms with Crippen LogP contribution < -0.4 is 0 Å². The van der Waals surface area contributed by atoms with Crippen molar-refractivity contribution in [3.8, 4) is 0 Å². The number of benzene rings is 3. The summed E-state index contributed by atoms with van der Waals surface area (Å²) in [6.45, 7) is 0. The van der Waals surface area contributed by atoms with Gasteiger partial charge < -0.3 is 0 Å². The van der Waals surface area contributed by atoms with Crippen molar-refractivity contribution in [2.24, 2.45) is 9.98 Å². The molecule has 0 fully saturated rings. The molecule has 0 N–H and O–H groups in total. The molecule has 28 heavy (non-hydrogen) atoms. The van der Waals surface area contributed by atoms with E-state index in [-0.39, 0.29) is 11.4 Å². The molecule has 0 spiro atoms. The zero-order chi connectivity index (χ0) is 20.0. The Labute approximate surface area is 159 Å². The van der Waals surface area contributed by atoms with E-state index in [0.717, 1.165) is 6.07 Å². The maximum Gasteiger partial charge on any atom is 0.271 e. The molecular formula is C21H13N3O4. The molecule has 136 valence electrons. The fraction of sp³-hybridized carbons (Fsp3) is 0.0476. The third-order valence-corrected chi connectivity index (χ3v) is 4.34. The molecule has 0 saturated carbocycles.